The maximum absolute atomic E-state index is 10.8. The maximum atomic E-state index is 10.8. The summed E-state index contributed by atoms with van der Waals surface area (Å²) in [5.74, 6) is 0. The molecular weight excluding hydrogens is 202 g/mol. The molecule has 1 amide bonds. The van der Waals surface area contributed by atoms with Gasteiger partial charge in [0.2, 0.25) is 0 Å². The van der Waals surface area contributed by atoms with E-state index < -0.39 is 6.09 Å². The molecule has 1 aromatic carbocycles. The zero-order chi connectivity index (χ0) is 10.7. The SMILES string of the molecule is C=Cc1cccc(Cl)c1N(C)C(=O)O. The van der Waals surface area contributed by atoms with Crippen molar-refractivity contribution in [3.63, 3.8) is 0 Å². The number of benzene rings is 1. The Balaban J connectivity index is 3.30. The van der Waals surface area contributed by atoms with Crippen molar-refractivity contribution in [3.8, 4) is 0 Å². The summed E-state index contributed by atoms with van der Waals surface area (Å²) in [6, 6.07) is 5.15. The van der Waals surface area contributed by atoms with Gasteiger partial charge in [0, 0.05) is 7.05 Å². The molecule has 0 aromatic heterocycles. The van der Waals surface area contributed by atoms with Gasteiger partial charge in [-0.2, -0.15) is 0 Å². The summed E-state index contributed by atoms with van der Waals surface area (Å²) in [7, 11) is 1.44. The topological polar surface area (TPSA) is 40.5 Å². The number of carboxylic acid groups (broad SMARTS) is 1. The van der Waals surface area contributed by atoms with E-state index in [0.29, 0.717) is 16.3 Å². The quantitative estimate of drug-likeness (QED) is 0.817. The summed E-state index contributed by atoms with van der Waals surface area (Å²) in [5, 5.41) is 9.21. The van der Waals surface area contributed by atoms with Gasteiger partial charge in [-0.05, 0) is 11.6 Å². The fourth-order valence-corrected chi connectivity index (χ4v) is 1.45. The van der Waals surface area contributed by atoms with Gasteiger partial charge in [0.25, 0.3) is 0 Å². The van der Waals surface area contributed by atoms with Gasteiger partial charge in [0.05, 0.1) is 10.7 Å². The van der Waals surface area contributed by atoms with Crippen LogP contribution in [0, 0.1) is 0 Å². The fraction of sp³-hybridized carbons (Fsp3) is 0.100. The molecule has 14 heavy (non-hydrogen) atoms. The van der Waals surface area contributed by atoms with Crippen LogP contribution in [0.3, 0.4) is 0 Å². The average Bonchev–Trinajstić information content (AvgIpc) is 2.16. The van der Waals surface area contributed by atoms with E-state index in [-0.39, 0.29) is 0 Å². The first-order valence-corrected chi connectivity index (χ1v) is 4.33. The summed E-state index contributed by atoms with van der Waals surface area (Å²) in [6.07, 6.45) is 0.516. The summed E-state index contributed by atoms with van der Waals surface area (Å²) in [6.45, 7) is 3.60. The number of para-hydroxylation sites is 1. The van der Waals surface area contributed by atoms with Crippen molar-refractivity contribution >= 4 is 29.5 Å². The molecule has 4 heteroatoms. The number of hydrogen-bond acceptors (Lipinski definition) is 1. The molecule has 0 heterocycles. The second-order valence-corrected chi connectivity index (χ2v) is 3.13. The van der Waals surface area contributed by atoms with Crippen molar-refractivity contribution in [3.05, 3.63) is 35.4 Å². The van der Waals surface area contributed by atoms with E-state index in [9.17, 15) is 4.79 Å². The van der Waals surface area contributed by atoms with Gasteiger partial charge in [-0.3, -0.25) is 4.90 Å². The average molecular weight is 212 g/mol. The zero-order valence-corrected chi connectivity index (χ0v) is 8.45. The van der Waals surface area contributed by atoms with Crippen LogP contribution in [0.15, 0.2) is 24.8 Å². The third kappa shape index (κ3) is 1.88. The number of carbonyl (C=O) groups is 1. The van der Waals surface area contributed by atoms with E-state index in [1.165, 1.54) is 7.05 Å². The molecule has 1 aromatic rings. The molecule has 0 radical (unpaired) electrons. The lowest BCUT2D eigenvalue weighted by atomic mass is 10.1. The largest absolute Gasteiger partial charge is 0.465 e. The Hall–Kier alpha value is -1.48. The molecule has 0 bridgehead atoms. The predicted molar refractivity (Wildman–Crippen MR) is 58.0 cm³/mol. The number of hydrogen-bond donors (Lipinski definition) is 1. The Morgan fingerprint density at radius 3 is 2.79 bits per heavy atom. The van der Waals surface area contributed by atoms with E-state index in [4.69, 9.17) is 16.7 Å². The highest BCUT2D eigenvalue weighted by atomic mass is 35.5. The highest BCUT2D eigenvalue weighted by Gasteiger charge is 2.14. The second kappa shape index (κ2) is 4.15. The normalized spacial score (nSPS) is 9.57. The van der Waals surface area contributed by atoms with Crippen molar-refractivity contribution < 1.29 is 9.90 Å². The molecule has 74 valence electrons. The van der Waals surface area contributed by atoms with Gasteiger partial charge in [-0.25, -0.2) is 4.79 Å². The van der Waals surface area contributed by atoms with Gasteiger partial charge in [-0.15, -0.1) is 0 Å². The molecule has 3 nitrogen and oxygen atoms in total. The van der Waals surface area contributed by atoms with Gasteiger partial charge in [0.15, 0.2) is 0 Å². The number of rotatable bonds is 2. The van der Waals surface area contributed by atoms with Crippen LogP contribution in [0.5, 0.6) is 0 Å². The van der Waals surface area contributed by atoms with E-state index in [2.05, 4.69) is 6.58 Å². The first kappa shape index (κ1) is 10.6. The van der Waals surface area contributed by atoms with Crippen LogP contribution in [-0.4, -0.2) is 18.2 Å². The number of nitrogens with zero attached hydrogens (tertiary/aromatic N) is 1. The van der Waals surface area contributed by atoms with Crippen molar-refractivity contribution in [1.82, 2.24) is 0 Å². The van der Waals surface area contributed by atoms with Gasteiger partial charge in [-0.1, -0.05) is 36.4 Å². The number of halogens is 1. The Morgan fingerprint density at radius 2 is 2.29 bits per heavy atom. The molecule has 1 rings (SSSR count). The molecule has 0 saturated heterocycles. The monoisotopic (exact) mass is 211 g/mol. The molecule has 1 N–H and O–H groups in total. The molecule has 0 atom stereocenters. The minimum Gasteiger partial charge on any atom is -0.465 e. The minimum absolute atomic E-state index is 0.396. The third-order valence-corrected chi connectivity index (χ3v) is 2.17. The lowest BCUT2D eigenvalue weighted by Crippen LogP contribution is -2.24. The van der Waals surface area contributed by atoms with Crippen molar-refractivity contribution in [1.29, 1.82) is 0 Å². The van der Waals surface area contributed by atoms with Crippen LogP contribution in [0.25, 0.3) is 6.08 Å². The van der Waals surface area contributed by atoms with Crippen LogP contribution < -0.4 is 4.90 Å². The molecule has 0 saturated carbocycles. The highest BCUT2D eigenvalue weighted by molar-refractivity contribution is 6.34. The van der Waals surface area contributed by atoms with E-state index in [0.717, 1.165) is 4.90 Å². The molecule has 0 aliphatic rings. The van der Waals surface area contributed by atoms with Crippen LogP contribution in [0.2, 0.25) is 5.02 Å². The molecule has 0 spiro atoms. The molecule has 0 aliphatic heterocycles. The number of anilines is 1. The second-order valence-electron chi connectivity index (χ2n) is 2.72. The molecule has 0 fully saturated rings. The summed E-state index contributed by atoms with van der Waals surface area (Å²) < 4.78 is 0. The van der Waals surface area contributed by atoms with Crippen LogP contribution in [0.1, 0.15) is 5.56 Å². The summed E-state index contributed by atoms with van der Waals surface area (Å²) in [4.78, 5) is 11.8. The Morgan fingerprint density at radius 1 is 1.64 bits per heavy atom. The fourth-order valence-electron chi connectivity index (χ4n) is 1.15. The van der Waals surface area contributed by atoms with Crippen LogP contribution in [0.4, 0.5) is 10.5 Å². The smallest absolute Gasteiger partial charge is 0.411 e. The summed E-state index contributed by atoms with van der Waals surface area (Å²) in [5.41, 5.74) is 1.15. The first-order valence-electron chi connectivity index (χ1n) is 3.95. The van der Waals surface area contributed by atoms with Gasteiger partial charge >= 0.3 is 6.09 Å². The van der Waals surface area contributed by atoms with Crippen molar-refractivity contribution in [2.45, 2.75) is 0 Å². The number of amides is 1. The third-order valence-electron chi connectivity index (χ3n) is 1.86. The first-order chi connectivity index (χ1) is 6.57. The van der Waals surface area contributed by atoms with Crippen LogP contribution in [-0.2, 0) is 0 Å². The Kier molecular flexibility index (Phi) is 3.14. The Bertz CT molecular complexity index is 376. The standard InChI is InChI=1S/C10H10ClNO2/c1-3-7-5-4-6-8(11)9(7)12(2)10(13)14/h3-6H,1H2,2H3,(H,13,14). The van der Waals surface area contributed by atoms with Crippen LogP contribution >= 0.6 is 11.6 Å². The van der Waals surface area contributed by atoms with E-state index in [1.54, 1.807) is 24.3 Å². The van der Waals surface area contributed by atoms with E-state index in [1.807, 2.05) is 0 Å². The Labute approximate surface area is 87.2 Å². The lowest BCUT2D eigenvalue weighted by molar-refractivity contribution is 0.203. The maximum Gasteiger partial charge on any atom is 0.411 e. The predicted octanol–water partition coefficient (Wildman–Crippen LogP) is 3.10. The van der Waals surface area contributed by atoms with Crippen molar-refractivity contribution in [2.24, 2.45) is 0 Å². The molecular formula is C10H10ClNO2. The molecule has 0 aliphatic carbocycles. The highest BCUT2D eigenvalue weighted by Crippen LogP contribution is 2.29. The minimum atomic E-state index is -1.05. The zero-order valence-electron chi connectivity index (χ0n) is 7.70. The van der Waals surface area contributed by atoms with Crippen molar-refractivity contribution in [2.75, 3.05) is 11.9 Å². The summed E-state index contributed by atoms with van der Waals surface area (Å²) >= 11 is 5.89. The molecule has 0 unspecified atom stereocenters. The van der Waals surface area contributed by atoms with Gasteiger partial charge < -0.3 is 5.11 Å². The lowest BCUT2D eigenvalue weighted by Gasteiger charge is -2.17. The van der Waals surface area contributed by atoms with Gasteiger partial charge in [0.1, 0.15) is 0 Å². The van der Waals surface area contributed by atoms with E-state index >= 15 is 0 Å².